The van der Waals surface area contributed by atoms with Gasteiger partial charge in [0.1, 0.15) is 10.3 Å². The van der Waals surface area contributed by atoms with Crippen LogP contribution in [0.1, 0.15) is 5.69 Å². The number of halogens is 1. The highest BCUT2D eigenvalue weighted by Crippen LogP contribution is 2.07. The zero-order valence-electron chi connectivity index (χ0n) is 5.40. The summed E-state index contributed by atoms with van der Waals surface area (Å²) in [5.41, 5.74) is 5.71. The van der Waals surface area contributed by atoms with Gasteiger partial charge in [-0.1, -0.05) is 5.16 Å². The van der Waals surface area contributed by atoms with Crippen molar-refractivity contribution in [3.63, 3.8) is 0 Å². The maximum Gasteiger partial charge on any atom is 0.151 e. The lowest BCUT2D eigenvalue weighted by molar-refractivity contribution is 0.321. The molecule has 0 atom stereocenters. The second-order valence-corrected chi connectivity index (χ2v) is 2.52. The van der Waals surface area contributed by atoms with E-state index in [0.29, 0.717) is 10.3 Å². The predicted octanol–water partition coefficient (Wildman–Crippen LogP) is 0.629. The molecular formula is C5H5BrN4O. The Kier molecular flexibility index (Phi) is 2.37. The molecule has 0 aliphatic rings. The Labute approximate surface area is 71.1 Å². The molecule has 0 fully saturated rings. The van der Waals surface area contributed by atoms with Gasteiger partial charge in [-0.15, -0.1) is 0 Å². The molecule has 0 aliphatic carbocycles. The second-order valence-electron chi connectivity index (χ2n) is 1.71. The van der Waals surface area contributed by atoms with Gasteiger partial charge in [-0.25, -0.2) is 9.97 Å². The molecule has 0 saturated carbocycles. The summed E-state index contributed by atoms with van der Waals surface area (Å²) in [4.78, 5) is 7.65. The van der Waals surface area contributed by atoms with E-state index in [9.17, 15) is 0 Å². The molecular weight excluding hydrogens is 212 g/mol. The molecule has 3 N–H and O–H groups in total. The van der Waals surface area contributed by atoms with Gasteiger partial charge in [0, 0.05) is 0 Å². The number of nitrogens with zero attached hydrogens (tertiary/aromatic N) is 3. The van der Waals surface area contributed by atoms with E-state index in [4.69, 9.17) is 10.9 Å². The molecule has 0 aromatic carbocycles. The van der Waals surface area contributed by atoms with Gasteiger partial charge < -0.3 is 10.9 Å². The summed E-state index contributed by atoms with van der Waals surface area (Å²) >= 11 is 3.09. The zero-order valence-corrected chi connectivity index (χ0v) is 6.98. The summed E-state index contributed by atoms with van der Waals surface area (Å²) in [6.45, 7) is 0. The lowest BCUT2D eigenvalue weighted by Gasteiger charge is -1.95. The fourth-order valence-corrected chi connectivity index (χ4v) is 0.833. The summed E-state index contributed by atoms with van der Waals surface area (Å²) in [5.74, 6) is 0.228. The van der Waals surface area contributed by atoms with Crippen molar-refractivity contribution in [1.82, 2.24) is 9.97 Å². The van der Waals surface area contributed by atoms with Crippen molar-refractivity contribution in [1.29, 1.82) is 0 Å². The number of nitrogen functional groups attached to an aromatic ring is 1. The van der Waals surface area contributed by atoms with Crippen molar-refractivity contribution in [3.05, 3.63) is 16.5 Å². The van der Waals surface area contributed by atoms with E-state index in [1.54, 1.807) is 0 Å². The molecule has 0 aliphatic heterocycles. The summed E-state index contributed by atoms with van der Waals surface area (Å²) in [6, 6.07) is 0. The van der Waals surface area contributed by atoms with Crippen LogP contribution in [0.3, 0.4) is 0 Å². The quantitative estimate of drug-likeness (QED) is 0.410. The fourth-order valence-electron chi connectivity index (χ4n) is 0.540. The molecule has 1 aromatic rings. The number of rotatable bonds is 1. The minimum absolute atomic E-state index is 0.228. The van der Waals surface area contributed by atoms with Gasteiger partial charge in [-0.05, 0) is 15.9 Å². The van der Waals surface area contributed by atoms with E-state index in [0.717, 1.165) is 6.21 Å². The van der Waals surface area contributed by atoms with E-state index in [2.05, 4.69) is 31.1 Å². The lowest BCUT2D eigenvalue weighted by atomic mass is 10.4. The molecule has 58 valence electrons. The van der Waals surface area contributed by atoms with Crippen molar-refractivity contribution in [2.75, 3.05) is 5.73 Å². The highest BCUT2D eigenvalue weighted by Gasteiger charge is 1.99. The Balaban J connectivity index is 3.12. The van der Waals surface area contributed by atoms with Crippen LogP contribution in [0.4, 0.5) is 5.82 Å². The summed E-state index contributed by atoms with van der Waals surface area (Å²) < 4.78 is 0.543. The minimum atomic E-state index is 0.228. The van der Waals surface area contributed by atoms with Crippen LogP contribution in [-0.4, -0.2) is 21.4 Å². The van der Waals surface area contributed by atoms with Crippen molar-refractivity contribution in [3.8, 4) is 0 Å². The van der Waals surface area contributed by atoms with E-state index >= 15 is 0 Å². The van der Waals surface area contributed by atoms with Crippen LogP contribution in [0, 0.1) is 0 Å². The molecule has 0 amide bonds. The second kappa shape index (κ2) is 3.29. The van der Waals surface area contributed by atoms with E-state index in [1.807, 2.05) is 0 Å². The standard InChI is InChI=1S/C5H5BrN4O/c6-4-2-8-5(7)3(10-4)1-9-11/h1-2,11H,(H2,7,8). The first-order valence-corrected chi connectivity index (χ1v) is 3.49. The third-order valence-corrected chi connectivity index (χ3v) is 1.36. The van der Waals surface area contributed by atoms with Crippen LogP contribution in [0.2, 0.25) is 0 Å². The molecule has 5 nitrogen and oxygen atoms in total. The molecule has 6 heteroatoms. The number of hydrogen-bond acceptors (Lipinski definition) is 5. The molecule has 0 bridgehead atoms. The highest BCUT2D eigenvalue weighted by atomic mass is 79.9. The van der Waals surface area contributed by atoms with Gasteiger partial charge in [-0.2, -0.15) is 0 Å². The Hall–Kier alpha value is -1.17. The van der Waals surface area contributed by atoms with Gasteiger partial charge in [0.15, 0.2) is 5.82 Å². The average molecular weight is 217 g/mol. The SMILES string of the molecule is Nc1ncc(Br)nc1C=NO. The Morgan fingerprint density at radius 1 is 1.73 bits per heavy atom. The zero-order chi connectivity index (χ0) is 8.27. The van der Waals surface area contributed by atoms with Crippen LogP contribution in [0.5, 0.6) is 0 Å². The molecule has 0 spiro atoms. The van der Waals surface area contributed by atoms with Crippen molar-refractivity contribution >= 4 is 28.0 Å². The maximum absolute atomic E-state index is 8.17. The van der Waals surface area contributed by atoms with Crippen molar-refractivity contribution < 1.29 is 5.21 Å². The summed E-state index contributed by atoms with van der Waals surface area (Å²) in [6.07, 6.45) is 2.58. The topological polar surface area (TPSA) is 84.4 Å². The van der Waals surface area contributed by atoms with Gasteiger partial charge in [0.05, 0.1) is 12.4 Å². The first-order valence-electron chi connectivity index (χ1n) is 2.69. The Bertz CT molecular complexity index is 288. The maximum atomic E-state index is 8.17. The largest absolute Gasteiger partial charge is 0.411 e. The first-order chi connectivity index (χ1) is 5.24. The number of oxime groups is 1. The fraction of sp³-hybridized carbons (Fsp3) is 0. The number of anilines is 1. The van der Waals surface area contributed by atoms with Gasteiger partial charge in [0.25, 0.3) is 0 Å². The highest BCUT2D eigenvalue weighted by molar-refractivity contribution is 9.10. The van der Waals surface area contributed by atoms with Crippen molar-refractivity contribution in [2.45, 2.75) is 0 Å². The van der Waals surface area contributed by atoms with Gasteiger partial charge in [0.2, 0.25) is 0 Å². The molecule has 0 unspecified atom stereocenters. The molecule has 0 saturated heterocycles. The van der Waals surface area contributed by atoms with Crippen LogP contribution in [0.25, 0.3) is 0 Å². The van der Waals surface area contributed by atoms with Gasteiger partial charge in [-0.3, -0.25) is 0 Å². The molecule has 1 aromatic heterocycles. The number of nitrogens with two attached hydrogens (primary N) is 1. The number of aromatic nitrogens is 2. The monoisotopic (exact) mass is 216 g/mol. The molecule has 11 heavy (non-hydrogen) atoms. The molecule has 0 radical (unpaired) electrons. The summed E-state index contributed by atoms with van der Waals surface area (Å²) in [7, 11) is 0. The van der Waals surface area contributed by atoms with Crippen LogP contribution < -0.4 is 5.73 Å². The number of hydrogen-bond donors (Lipinski definition) is 2. The minimum Gasteiger partial charge on any atom is -0.411 e. The average Bonchev–Trinajstić information content (AvgIpc) is 1.98. The summed E-state index contributed by atoms with van der Waals surface area (Å²) in [5, 5.41) is 10.9. The van der Waals surface area contributed by atoms with Crippen LogP contribution in [-0.2, 0) is 0 Å². The molecule has 1 rings (SSSR count). The third-order valence-electron chi connectivity index (χ3n) is 0.980. The van der Waals surface area contributed by atoms with E-state index < -0.39 is 0 Å². The Morgan fingerprint density at radius 3 is 3.09 bits per heavy atom. The Morgan fingerprint density at radius 2 is 2.45 bits per heavy atom. The van der Waals surface area contributed by atoms with Crippen LogP contribution in [0.15, 0.2) is 16.0 Å². The molecule has 1 heterocycles. The predicted molar refractivity (Wildman–Crippen MR) is 43.5 cm³/mol. The van der Waals surface area contributed by atoms with Crippen LogP contribution >= 0.6 is 15.9 Å². The smallest absolute Gasteiger partial charge is 0.151 e. The normalized spacial score (nSPS) is 10.6. The van der Waals surface area contributed by atoms with E-state index in [-0.39, 0.29) is 5.82 Å². The first kappa shape index (κ1) is 7.93. The lowest BCUT2D eigenvalue weighted by Crippen LogP contribution is -1.99. The van der Waals surface area contributed by atoms with Gasteiger partial charge >= 0.3 is 0 Å². The van der Waals surface area contributed by atoms with Crippen molar-refractivity contribution in [2.24, 2.45) is 5.16 Å². The third kappa shape index (κ3) is 1.87. The van der Waals surface area contributed by atoms with E-state index in [1.165, 1.54) is 6.20 Å².